The van der Waals surface area contributed by atoms with E-state index in [1.165, 1.54) is 12.1 Å². The molecule has 3 aromatic rings. The lowest BCUT2D eigenvalue weighted by Crippen LogP contribution is -2.23. The number of hydrogen-bond acceptors (Lipinski definition) is 3. The summed E-state index contributed by atoms with van der Waals surface area (Å²) >= 11 is 0. The molecule has 0 bridgehead atoms. The Bertz CT molecular complexity index is 1050. The first-order valence-corrected chi connectivity index (χ1v) is 9.95. The van der Waals surface area contributed by atoms with Gasteiger partial charge in [-0.15, -0.1) is 0 Å². The third kappa shape index (κ3) is 4.81. The summed E-state index contributed by atoms with van der Waals surface area (Å²) in [7, 11) is -3.73. The fourth-order valence-corrected chi connectivity index (χ4v) is 3.63. The maximum absolute atomic E-state index is 12.5. The first-order chi connectivity index (χ1) is 13.0. The van der Waals surface area contributed by atoms with E-state index in [1.807, 2.05) is 55.5 Å². The van der Waals surface area contributed by atoms with Gasteiger partial charge in [0.05, 0.1) is 4.90 Å². The van der Waals surface area contributed by atoms with Crippen molar-refractivity contribution >= 4 is 21.6 Å². The van der Waals surface area contributed by atoms with Crippen molar-refractivity contribution in [1.82, 2.24) is 4.72 Å². The molecule has 0 saturated heterocycles. The molecular weight excluding hydrogens is 360 g/mol. The fraction of sp³-hybridized carbons (Fsp3) is 0.0952. The van der Waals surface area contributed by atoms with Crippen LogP contribution in [-0.2, 0) is 16.6 Å². The molecule has 0 radical (unpaired) electrons. The van der Waals surface area contributed by atoms with Crippen LogP contribution in [0.5, 0.6) is 0 Å². The van der Waals surface area contributed by atoms with Crippen LogP contribution in [0.1, 0.15) is 21.5 Å². The molecule has 3 aromatic carbocycles. The molecule has 27 heavy (non-hydrogen) atoms. The van der Waals surface area contributed by atoms with Gasteiger partial charge < -0.3 is 5.32 Å². The van der Waals surface area contributed by atoms with Crippen LogP contribution in [0, 0.1) is 6.92 Å². The Kier molecular flexibility index (Phi) is 5.69. The zero-order chi connectivity index (χ0) is 19.3. The highest BCUT2D eigenvalue weighted by Crippen LogP contribution is 2.17. The Morgan fingerprint density at radius 1 is 0.889 bits per heavy atom. The Balaban J connectivity index is 1.76. The minimum atomic E-state index is -3.73. The highest BCUT2D eigenvalue weighted by atomic mass is 32.2. The van der Waals surface area contributed by atoms with Crippen molar-refractivity contribution in [3.8, 4) is 0 Å². The van der Waals surface area contributed by atoms with Gasteiger partial charge in [0, 0.05) is 17.8 Å². The summed E-state index contributed by atoms with van der Waals surface area (Å²) in [4.78, 5) is 12.6. The molecule has 0 aliphatic rings. The molecule has 5 nitrogen and oxygen atoms in total. The van der Waals surface area contributed by atoms with Gasteiger partial charge in [0.1, 0.15) is 0 Å². The Morgan fingerprint density at radius 2 is 1.59 bits per heavy atom. The van der Waals surface area contributed by atoms with Crippen LogP contribution < -0.4 is 10.0 Å². The molecule has 0 spiro atoms. The molecule has 0 aromatic heterocycles. The predicted molar refractivity (Wildman–Crippen MR) is 106 cm³/mol. The lowest BCUT2D eigenvalue weighted by Gasteiger charge is -2.10. The lowest BCUT2D eigenvalue weighted by atomic mass is 10.1. The number of anilines is 1. The summed E-state index contributed by atoms with van der Waals surface area (Å²) in [5.74, 6) is -0.357. The van der Waals surface area contributed by atoms with Crippen LogP contribution >= 0.6 is 0 Å². The predicted octanol–water partition coefficient (Wildman–Crippen LogP) is 3.73. The van der Waals surface area contributed by atoms with Crippen LogP contribution in [0.15, 0.2) is 83.8 Å². The summed E-state index contributed by atoms with van der Waals surface area (Å²) in [6, 6.07) is 22.7. The van der Waals surface area contributed by atoms with Gasteiger partial charge in [0.25, 0.3) is 5.91 Å². The molecule has 1 amide bonds. The number of amides is 1. The molecule has 0 aliphatic heterocycles. The third-order valence-corrected chi connectivity index (χ3v) is 5.51. The molecule has 6 heteroatoms. The van der Waals surface area contributed by atoms with E-state index in [0.717, 1.165) is 11.1 Å². The summed E-state index contributed by atoms with van der Waals surface area (Å²) in [5.41, 5.74) is 2.76. The van der Waals surface area contributed by atoms with Gasteiger partial charge in [-0.3, -0.25) is 4.79 Å². The van der Waals surface area contributed by atoms with Crippen LogP contribution in [0.4, 0.5) is 5.69 Å². The van der Waals surface area contributed by atoms with Crippen molar-refractivity contribution in [2.24, 2.45) is 0 Å². The van der Waals surface area contributed by atoms with E-state index in [4.69, 9.17) is 0 Å². The van der Waals surface area contributed by atoms with Gasteiger partial charge in [0.15, 0.2) is 0 Å². The van der Waals surface area contributed by atoms with Gasteiger partial charge >= 0.3 is 0 Å². The Hall–Kier alpha value is -2.96. The van der Waals surface area contributed by atoms with Crippen molar-refractivity contribution in [3.05, 3.63) is 95.6 Å². The third-order valence-electron chi connectivity index (χ3n) is 4.11. The molecule has 0 unspecified atom stereocenters. The summed E-state index contributed by atoms with van der Waals surface area (Å²) in [6.45, 7) is 2.08. The van der Waals surface area contributed by atoms with E-state index < -0.39 is 10.0 Å². The SMILES string of the molecule is Cc1ccccc1NC(=O)c1cccc(S(=O)(=O)NCc2ccccc2)c1. The maximum Gasteiger partial charge on any atom is 0.255 e. The van der Waals surface area contributed by atoms with Crippen molar-refractivity contribution in [2.75, 3.05) is 5.32 Å². The van der Waals surface area contributed by atoms with Gasteiger partial charge in [-0.2, -0.15) is 0 Å². The van der Waals surface area contributed by atoms with Crippen molar-refractivity contribution in [3.63, 3.8) is 0 Å². The second kappa shape index (κ2) is 8.16. The average Bonchev–Trinajstić information content (AvgIpc) is 2.69. The van der Waals surface area contributed by atoms with E-state index >= 15 is 0 Å². The minimum absolute atomic E-state index is 0.0517. The number of aryl methyl sites for hydroxylation is 1. The van der Waals surface area contributed by atoms with Crippen molar-refractivity contribution in [2.45, 2.75) is 18.4 Å². The number of sulfonamides is 1. The van der Waals surface area contributed by atoms with E-state index in [1.54, 1.807) is 18.2 Å². The summed E-state index contributed by atoms with van der Waals surface area (Å²) < 4.78 is 27.7. The number of carbonyl (C=O) groups is 1. The smallest absolute Gasteiger partial charge is 0.255 e. The minimum Gasteiger partial charge on any atom is -0.322 e. The van der Waals surface area contributed by atoms with E-state index in [-0.39, 0.29) is 22.9 Å². The van der Waals surface area contributed by atoms with Crippen LogP contribution in [0.2, 0.25) is 0 Å². The number of benzene rings is 3. The highest BCUT2D eigenvalue weighted by molar-refractivity contribution is 7.89. The molecule has 0 atom stereocenters. The van der Waals surface area contributed by atoms with E-state index in [9.17, 15) is 13.2 Å². The van der Waals surface area contributed by atoms with E-state index in [0.29, 0.717) is 5.69 Å². The standard InChI is InChI=1S/C21H20N2O3S/c1-16-8-5-6-13-20(16)23-21(24)18-11-7-12-19(14-18)27(25,26)22-15-17-9-3-2-4-10-17/h2-14,22H,15H2,1H3,(H,23,24). The van der Waals surface area contributed by atoms with Crippen molar-refractivity contribution in [1.29, 1.82) is 0 Å². The summed E-state index contributed by atoms with van der Waals surface area (Å²) in [5, 5.41) is 2.81. The molecule has 0 heterocycles. The maximum atomic E-state index is 12.5. The Labute approximate surface area is 159 Å². The zero-order valence-electron chi connectivity index (χ0n) is 14.8. The summed E-state index contributed by atoms with van der Waals surface area (Å²) in [6.07, 6.45) is 0. The number of carbonyl (C=O) groups excluding carboxylic acids is 1. The molecule has 2 N–H and O–H groups in total. The molecular formula is C21H20N2O3S. The van der Waals surface area contributed by atoms with Gasteiger partial charge in [-0.25, -0.2) is 13.1 Å². The zero-order valence-corrected chi connectivity index (χ0v) is 15.7. The highest BCUT2D eigenvalue weighted by Gasteiger charge is 2.16. The number of para-hydroxylation sites is 1. The van der Waals surface area contributed by atoms with Gasteiger partial charge in [0.2, 0.25) is 10.0 Å². The van der Waals surface area contributed by atoms with Gasteiger partial charge in [-0.05, 0) is 42.3 Å². The first-order valence-electron chi connectivity index (χ1n) is 8.46. The van der Waals surface area contributed by atoms with Crippen LogP contribution in [-0.4, -0.2) is 14.3 Å². The van der Waals surface area contributed by atoms with Crippen LogP contribution in [0.3, 0.4) is 0 Å². The largest absolute Gasteiger partial charge is 0.322 e. The molecule has 3 rings (SSSR count). The average molecular weight is 380 g/mol. The van der Waals surface area contributed by atoms with Crippen molar-refractivity contribution < 1.29 is 13.2 Å². The topological polar surface area (TPSA) is 75.3 Å². The fourth-order valence-electron chi connectivity index (χ4n) is 2.57. The lowest BCUT2D eigenvalue weighted by molar-refractivity contribution is 0.102. The number of nitrogens with one attached hydrogen (secondary N) is 2. The number of hydrogen-bond donors (Lipinski definition) is 2. The molecule has 0 saturated carbocycles. The van der Waals surface area contributed by atoms with Gasteiger partial charge in [-0.1, -0.05) is 54.6 Å². The quantitative estimate of drug-likeness (QED) is 0.684. The molecule has 0 aliphatic carbocycles. The molecule has 138 valence electrons. The number of rotatable bonds is 6. The molecule has 0 fully saturated rings. The second-order valence-electron chi connectivity index (χ2n) is 6.11. The van der Waals surface area contributed by atoms with E-state index in [2.05, 4.69) is 10.0 Å². The Morgan fingerprint density at radius 3 is 2.33 bits per heavy atom. The first kappa shape index (κ1) is 18.8. The monoisotopic (exact) mass is 380 g/mol. The normalized spacial score (nSPS) is 11.1. The second-order valence-corrected chi connectivity index (χ2v) is 7.87. The van der Waals surface area contributed by atoms with Crippen LogP contribution in [0.25, 0.3) is 0 Å².